The molecule has 0 spiro atoms. The molecule has 1 rings (SSSR count). The fourth-order valence-corrected chi connectivity index (χ4v) is 2.50. The number of carbonyl (C=O) groups excluding carboxylic acids is 1. The van der Waals surface area contributed by atoms with E-state index < -0.39 is 5.54 Å². The van der Waals surface area contributed by atoms with E-state index in [2.05, 4.69) is 12.2 Å². The lowest BCUT2D eigenvalue weighted by atomic mass is 9.76. The molecule has 0 radical (unpaired) electrons. The van der Waals surface area contributed by atoms with Gasteiger partial charge in [-0.3, -0.25) is 4.79 Å². The molecule has 100 valence electrons. The number of carbonyl (C=O) groups is 1. The molecule has 4 heteroatoms. The Morgan fingerprint density at radius 3 is 2.94 bits per heavy atom. The second-order valence-electron chi connectivity index (χ2n) is 5.39. The molecule has 0 aromatic carbocycles. The molecule has 0 heterocycles. The van der Waals surface area contributed by atoms with Crippen LogP contribution < -0.4 is 11.1 Å². The summed E-state index contributed by atoms with van der Waals surface area (Å²) in [5.74, 6) is 0.526. The van der Waals surface area contributed by atoms with Crippen molar-refractivity contribution in [3.8, 4) is 0 Å². The van der Waals surface area contributed by atoms with E-state index in [1.165, 1.54) is 6.42 Å². The van der Waals surface area contributed by atoms with Crippen LogP contribution in [0.1, 0.15) is 46.5 Å². The highest BCUT2D eigenvalue weighted by atomic mass is 16.5. The van der Waals surface area contributed by atoms with Gasteiger partial charge < -0.3 is 15.8 Å². The summed E-state index contributed by atoms with van der Waals surface area (Å²) in [5.41, 5.74) is 5.55. The first-order valence-electron chi connectivity index (χ1n) is 6.65. The van der Waals surface area contributed by atoms with Crippen molar-refractivity contribution in [1.82, 2.24) is 5.32 Å². The Morgan fingerprint density at radius 2 is 2.35 bits per heavy atom. The van der Waals surface area contributed by atoms with E-state index in [9.17, 15) is 4.79 Å². The predicted octanol–water partition coefficient (Wildman–Crippen LogP) is 1.44. The summed E-state index contributed by atoms with van der Waals surface area (Å²) in [6.45, 7) is 7.28. The zero-order chi connectivity index (χ0) is 12.9. The average Bonchev–Trinajstić information content (AvgIpc) is 2.26. The van der Waals surface area contributed by atoms with Crippen molar-refractivity contribution in [1.29, 1.82) is 0 Å². The molecule has 1 aliphatic carbocycles. The number of hydrogen-bond acceptors (Lipinski definition) is 3. The van der Waals surface area contributed by atoms with Gasteiger partial charge in [0.05, 0.1) is 12.1 Å². The van der Waals surface area contributed by atoms with Crippen LogP contribution in [0.5, 0.6) is 0 Å². The zero-order valence-electron chi connectivity index (χ0n) is 11.3. The van der Waals surface area contributed by atoms with E-state index in [4.69, 9.17) is 10.5 Å². The number of rotatable bonds is 5. The summed E-state index contributed by atoms with van der Waals surface area (Å²) in [6.07, 6.45) is 3.82. The van der Waals surface area contributed by atoms with E-state index >= 15 is 0 Å². The normalized spacial score (nSPS) is 30.9. The number of nitrogens with one attached hydrogen (secondary N) is 1. The van der Waals surface area contributed by atoms with Crippen LogP contribution in [0.3, 0.4) is 0 Å². The average molecular weight is 242 g/mol. The van der Waals surface area contributed by atoms with Crippen molar-refractivity contribution in [2.75, 3.05) is 13.2 Å². The molecular weight excluding hydrogens is 216 g/mol. The Bertz CT molecular complexity index is 258. The Balaban J connectivity index is 2.45. The maximum absolute atomic E-state index is 12.1. The highest BCUT2D eigenvalue weighted by Gasteiger charge is 2.38. The number of hydrogen-bond donors (Lipinski definition) is 2. The summed E-state index contributed by atoms with van der Waals surface area (Å²) >= 11 is 0. The molecule has 0 bridgehead atoms. The van der Waals surface area contributed by atoms with Crippen LogP contribution in [-0.4, -0.2) is 30.7 Å². The lowest BCUT2D eigenvalue weighted by Crippen LogP contribution is -2.58. The molecule has 17 heavy (non-hydrogen) atoms. The summed E-state index contributed by atoms with van der Waals surface area (Å²) in [6, 6.07) is 0.0279. The minimum absolute atomic E-state index is 0.0174. The minimum Gasteiger partial charge on any atom is -0.380 e. The smallest absolute Gasteiger partial charge is 0.240 e. The van der Waals surface area contributed by atoms with Crippen LogP contribution >= 0.6 is 0 Å². The van der Waals surface area contributed by atoms with Gasteiger partial charge in [0.15, 0.2) is 0 Å². The molecule has 3 N–H and O–H groups in total. The van der Waals surface area contributed by atoms with Gasteiger partial charge in [0, 0.05) is 12.6 Å². The molecule has 0 aromatic rings. The maximum atomic E-state index is 12.1. The first-order chi connectivity index (χ1) is 7.98. The Kier molecular flexibility index (Phi) is 5.40. The van der Waals surface area contributed by atoms with Gasteiger partial charge in [0.1, 0.15) is 0 Å². The fraction of sp³-hybridized carbons (Fsp3) is 0.923. The molecule has 1 aliphatic rings. The Labute approximate surface area is 104 Å². The largest absolute Gasteiger partial charge is 0.380 e. The van der Waals surface area contributed by atoms with Crippen molar-refractivity contribution < 1.29 is 9.53 Å². The zero-order valence-corrected chi connectivity index (χ0v) is 11.3. The van der Waals surface area contributed by atoms with E-state index in [1.54, 1.807) is 0 Å². The highest BCUT2D eigenvalue weighted by Crippen LogP contribution is 2.30. The number of amides is 1. The predicted molar refractivity (Wildman–Crippen MR) is 68.6 cm³/mol. The summed E-state index contributed by atoms with van der Waals surface area (Å²) in [5, 5.41) is 2.96. The molecule has 3 unspecified atom stereocenters. The molecule has 0 saturated heterocycles. The van der Waals surface area contributed by atoms with E-state index in [0.717, 1.165) is 19.3 Å². The van der Waals surface area contributed by atoms with Crippen molar-refractivity contribution in [2.45, 2.75) is 58.0 Å². The molecule has 1 fully saturated rings. The molecule has 0 aromatic heterocycles. The standard InChI is InChI=1S/C13H26N2O2/c1-4-17-9-11(3)15-12(16)13(14)7-5-6-10(2)8-13/h10-11H,4-9,14H2,1-3H3,(H,15,16). The molecule has 4 nitrogen and oxygen atoms in total. The monoisotopic (exact) mass is 242 g/mol. The summed E-state index contributed by atoms with van der Waals surface area (Å²) in [7, 11) is 0. The van der Waals surface area contributed by atoms with Gasteiger partial charge in [-0.2, -0.15) is 0 Å². The summed E-state index contributed by atoms with van der Waals surface area (Å²) < 4.78 is 5.28. The van der Waals surface area contributed by atoms with Crippen LogP contribution in [0.15, 0.2) is 0 Å². The third kappa shape index (κ3) is 4.28. The third-order valence-corrected chi connectivity index (χ3v) is 3.43. The van der Waals surface area contributed by atoms with E-state index in [0.29, 0.717) is 19.1 Å². The van der Waals surface area contributed by atoms with Gasteiger partial charge in [-0.25, -0.2) is 0 Å². The quantitative estimate of drug-likeness (QED) is 0.766. The Hall–Kier alpha value is -0.610. The van der Waals surface area contributed by atoms with Gasteiger partial charge in [-0.1, -0.05) is 19.8 Å². The Morgan fingerprint density at radius 1 is 1.65 bits per heavy atom. The topological polar surface area (TPSA) is 64.3 Å². The first-order valence-corrected chi connectivity index (χ1v) is 6.65. The SMILES string of the molecule is CCOCC(C)NC(=O)C1(N)CCCC(C)C1. The van der Waals surface area contributed by atoms with E-state index in [-0.39, 0.29) is 11.9 Å². The fourth-order valence-electron chi connectivity index (χ4n) is 2.50. The van der Waals surface area contributed by atoms with Gasteiger partial charge in [-0.15, -0.1) is 0 Å². The lowest BCUT2D eigenvalue weighted by Gasteiger charge is -2.36. The number of nitrogens with two attached hydrogens (primary N) is 1. The van der Waals surface area contributed by atoms with Crippen LogP contribution in [0.4, 0.5) is 0 Å². The van der Waals surface area contributed by atoms with Crippen molar-refractivity contribution >= 4 is 5.91 Å². The molecule has 3 atom stereocenters. The summed E-state index contributed by atoms with van der Waals surface area (Å²) in [4.78, 5) is 12.1. The molecule has 1 saturated carbocycles. The van der Waals surface area contributed by atoms with Crippen molar-refractivity contribution in [3.05, 3.63) is 0 Å². The second kappa shape index (κ2) is 6.36. The molecule has 0 aliphatic heterocycles. The molecular formula is C13H26N2O2. The van der Waals surface area contributed by atoms with Gasteiger partial charge in [0.2, 0.25) is 5.91 Å². The third-order valence-electron chi connectivity index (χ3n) is 3.43. The minimum atomic E-state index is -0.669. The lowest BCUT2D eigenvalue weighted by molar-refractivity contribution is -0.129. The van der Waals surface area contributed by atoms with Crippen LogP contribution in [-0.2, 0) is 9.53 Å². The van der Waals surface area contributed by atoms with Gasteiger partial charge in [-0.05, 0) is 32.6 Å². The van der Waals surface area contributed by atoms with Crippen LogP contribution in [0.2, 0.25) is 0 Å². The van der Waals surface area contributed by atoms with E-state index in [1.807, 2.05) is 13.8 Å². The van der Waals surface area contributed by atoms with Crippen LogP contribution in [0, 0.1) is 5.92 Å². The van der Waals surface area contributed by atoms with Crippen molar-refractivity contribution in [2.24, 2.45) is 11.7 Å². The first kappa shape index (κ1) is 14.5. The van der Waals surface area contributed by atoms with Crippen LogP contribution in [0.25, 0.3) is 0 Å². The van der Waals surface area contributed by atoms with Gasteiger partial charge >= 0.3 is 0 Å². The second-order valence-corrected chi connectivity index (χ2v) is 5.39. The molecule has 1 amide bonds. The highest BCUT2D eigenvalue weighted by molar-refractivity contribution is 5.86. The van der Waals surface area contributed by atoms with Gasteiger partial charge in [0.25, 0.3) is 0 Å². The number of ether oxygens (including phenoxy) is 1. The maximum Gasteiger partial charge on any atom is 0.240 e. The van der Waals surface area contributed by atoms with Crippen molar-refractivity contribution in [3.63, 3.8) is 0 Å².